The third kappa shape index (κ3) is 4.72. The molecule has 4 rings (SSSR count). The highest BCUT2D eigenvalue weighted by molar-refractivity contribution is 7.95. The fourth-order valence-electron chi connectivity index (χ4n) is 3.86. The van der Waals surface area contributed by atoms with E-state index in [4.69, 9.17) is 0 Å². The van der Waals surface area contributed by atoms with Gasteiger partial charge in [0.1, 0.15) is 0 Å². The third-order valence-electron chi connectivity index (χ3n) is 5.42. The molecule has 0 saturated heterocycles. The van der Waals surface area contributed by atoms with Gasteiger partial charge in [0.2, 0.25) is 0 Å². The van der Waals surface area contributed by atoms with Crippen molar-refractivity contribution in [2.75, 3.05) is 0 Å². The minimum atomic E-state index is -2.07. The molecule has 0 bridgehead atoms. The van der Waals surface area contributed by atoms with Gasteiger partial charge in [-0.05, 0) is 48.0 Å². The van der Waals surface area contributed by atoms with Crippen LogP contribution < -0.4 is 15.9 Å². The summed E-state index contributed by atoms with van der Waals surface area (Å²) in [5, 5.41) is 13.1. The summed E-state index contributed by atoms with van der Waals surface area (Å²) in [6.45, 7) is 1.98. The Kier molecular flexibility index (Phi) is 6.94. The van der Waals surface area contributed by atoms with Crippen molar-refractivity contribution in [3.63, 3.8) is 0 Å². The van der Waals surface area contributed by atoms with E-state index in [0.29, 0.717) is 0 Å². The maximum absolute atomic E-state index is 4.64. The van der Waals surface area contributed by atoms with Gasteiger partial charge in [0, 0.05) is 0 Å². The second-order valence-corrected chi connectivity index (χ2v) is 10.9. The second-order valence-electron chi connectivity index (χ2n) is 7.65. The lowest BCUT2D eigenvalue weighted by Gasteiger charge is -2.28. The summed E-state index contributed by atoms with van der Waals surface area (Å²) in [7, 11) is 0. The summed E-state index contributed by atoms with van der Waals surface area (Å²) in [6, 6.07) is 42.5. The van der Waals surface area contributed by atoms with Crippen molar-refractivity contribution >= 4 is 40.0 Å². The molecule has 0 aliphatic carbocycles. The van der Waals surface area contributed by atoms with Gasteiger partial charge in [-0.2, -0.15) is 10.2 Å². The standard InChI is InChI=1S/C29H27N2P/c1-24(30-31-25(2)26-15-7-3-8-16-26)23-32(27-17-9-4-10-18-27,28-19-11-5-12-20-28)29-21-13-6-14-22-29/h3-23H,1-2H3/b30-24-,31-25+. The zero-order chi connectivity index (χ0) is 22.2. The van der Waals surface area contributed by atoms with Gasteiger partial charge in [-0.1, -0.05) is 121 Å². The molecule has 4 aromatic rings. The van der Waals surface area contributed by atoms with E-state index in [2.05, 4.69) is 119 Å². The molecule has 32 heavy (non-hydrogen) atoms. The van der Waals surface area contributed by atoms with Crippen LogP contribution in [0.4, 0.5) is 0 Å². The van der Waals surface area contributed by atoms with Gasteiger partial charge in [0.05, 0.1) is 11.4 Å². The average molecular weight is 435 g/mol. The Labute approximate surface area is 191 Å². The van der Waals surface area contributed by atoms with E-state index >= 15 is 0 Å². The van der Waals surface area contributed by atoms with Gasteiger partial charge >= 0.3 is 0 Å². The maximum atomic E-state index is 4.64. The first-order valence-electron chi connectivity index (χ1n) is 10.8. The van der Waals surface area contributed by atoms with Crippen molar-refractivity contribution in [3.05, 3.63) is 127 Å². The highest BCUT2D eigenvalue weighted by atomic mass is 31.2. The number of hydrogen-bond acceptors (Lipinski definition) is 2. The topological polar surface area (TPSA) is 24.7 Å². The van der Waals surface area contributed by atoms with Crippen LogP contribution in [-0.4, -0.2) is 17.2 Å². The van der Waals surface area contributed by atoms with Crippen LogP contribution >= 0.6 is 6.89 Å². The van der Waals surface area contributed by atoms with Crippen LogP contribution in [0.3, 0.4) is 0 Å². The molecule has 0 aliphatic rings. The van der Waals surface area contributed by atoms with Crippen molar-refractivity contribution in [1.29, 1.82) is 0 Å². The highest BCUT2D eigenvalue weighted by Gasteiger charge is 2.25. The fourth-order valence-corrected chi connectivity index (χ4v) is 7.74. The second kappa shape index (κ2) is 10.2. The van der Waals surface area contributed by atoms with Gasteiger partial charge < -0.3 is 0 Å². The first kappa shape index (κ1) is 21.7. The highest BCUT2D eigenvalue weighted by Crippen LogP contribution is 2.43. The van der Waals surface area contributed by atoms with Gasteiger partial charge in [-0.25, -0.2) is 0 Å². The summed E-state index contributed by atoms with van der Waals surface area (Å²) >= 11 is 0. The zero-order valence-electron chi connectivity index (χ0n) is 18.5. The molecule has 0 aliphatic heterocycles. The van der Waals surface area contributed by atoms with Crippen LogP contribution in [0.25, 0.3) is 0 Å². The third-order valence-corrected chi connectivity index (χ3v) is 9.52. The first-order valence-corrected chi connectivity index (χ1v) is 12.6. The molecule has 0 N–H and O–H groups in total. The maximum Gasteiger partial charge on any atom is 0.0671 e. The van der Waals surface area contributed by atoms with E-state index in [0.717, 1.165) is 17.0 Å². The molecular weight excluding hydrogens is 407 g/mol. The predicted molar refractivity (Wildman–Crippen MR) is 143 cm³/mol. The molecule has 0 aromatic heterocycles. The van der Waals surface area contributed by atoms with Crippen LogP contribution in [0.15, 0.2) is 132 Å². The molecule has 0 amide bonds. The Hall–Kier alpha value is -3.48. The van der Waals surface area contributed by atoms with Crippen LogP contribution in [0.2, 0.25) is 0 Å². The van der Waals surface area contributed by atoms with Gasteiger partial charge in [0.25, 0.3) is 0 Å². The zero-order valence-corrected chi connectivity index (χ0v) is 19.4. The van der Waals surface area contributed by atoms with Crippen LogP contribution in [0.1, 0.15) is 19.4 Å². The van der Waals surface area contributed by atoms with Crippen LogP contribution in [-0.2, 0) is 0 Å². The Morgan fingerprint density at radius 2 is 0.906 bits per heavy atom. The summed E-state index contributed by atoms with van der Waals surface area (Å²) in [6.07, 6.45) is 0. The summed E-state index contributed by atoms with van der Waals surface area (Å²) in [5.74, 6) is 2.34. The van der Waals surface area contributed by atoms with Gasteiger partial charge in [-0.3, -0.25) is 0 Å². The lowest BCUT2D eigenvalue weighted by molar-refractivity contribution is 1.23. The van der Waals surface area contributed by atoms with E-state index in [-0.39, 0.29) is 0 Å². The van der Waals surface area contributed by atoms with E-state index in [1.54, 1.807) is 0 Å². The van der Waals surface area contributed by atoms with Crippen molar-refractivity contribution < 1.29 is 0 Å². The normalized spacial score (nSPS) is 12.4. The van der Waals surface area contributed by atoms with Crippen molar-refractivity contribution in [1.82, 2.24) is 0 Å². The quantitative estimate of drug-likeness (QED) is 0.212. The van der Waals surface area contributed by atoms with Crippen LogP contribution in [0.5, 0.6) is 0 Å². The van der Waals surface area contributed by atoms with E-state index in [1.807, 2.05) is 32.0 Å². The predicted octanol–water partition coefficient (Wildman–Crippen LogP) is 5.67. The summed E-state index contributed by atoms with van der Waals surface area (Å²) < 4.78 is 0. The Balaban J connectivity index is 1.94. The summed E-state index contributed by atoms with van der Waals surface area (Å²) in [4.78, 5) is 0. The number of rotatable bonds is 6. The van der Waals surface area contributed by atoms with Gasteiger partial charge in [-0.15, -0.1) is 0 Å². The molecule has 0 heterocycles. The fraction of sp³-hybridized carbons (Fsp3) is 0.0690. The molecule has 0 unspecified atom stereocenters. The van der Waals surface area contributed by atoms with Gasteiger partial charge in [0.15, 0.2) is 0 Å². The summed E-state index contributed by atoms with van der Waals surface area (Å²) in [5.41, 5.74) is 2.89. The lowest BCUT2D eigenvalue weighted by Crippen LogP contribution is -2.28. The Morgan fingerprint density at radius 1 is 0.531 bits per heavy atom. The Morgan fingerprint density at radius 3 is 1.31 bits per heavy atom. The molecule has 158 valence electrons. The molecule has 0 radical (unpaired) electrons. The average Bonchev–Trinajstić information content (AvgIpc) is 2.88. The first-order chi connectivity index (χ1) is 15.7. The van der Waals surface area contributed by atoms with Crippen molar-refractivity contribution in [2.24, 2.45) is 10.2 Å². The number of hydrogen-bond donors (Lipinski definition) is 0. The molecule has 0 atom stereocenters. The van der Waals surface area contributed by atoms with E-state index in [9.17, 15) is 0 Å². The molecule has 0 fully saturated rings. The molecule has 0 saturated carbocycles. The minimum absolute atomic E-state index is 0.904. The lowest BCUT2D eigenvalue weighted by atomic mass is 10.1. The number of benzene rings is 4. The number of nitrogens with zero attached hydrogens (tertiary/aromatic N) is 2. The van der Waals surface area contributed by atoms with Crippen molar-refractivity contribution in [3.8, 4) is 0 Å². The van der Waals surface area contributed by atoms with E-state index < -0.39 is 6.89 Å². The molecule has 4 aromatic carbocycles. The molecule has 2 nitrogen and oxygen atoms in total. The molecular formula is C29H27N2P. The minimum Gasteiger partial charge on any atom is -0.156 e. The largest absolute Gasteiger partial charge is 0.156 e. The monoisotopic (exact) mass is 434 g/mol. The smallest absolute Gasteiger partial charge is 0.0671 e. The SMILES string of the molecule is C/C(C=P(c1ccccc1)(c1ccccc1)c1ccccc1)=N/N=C(\C)c1ccccc1. The Bertz CT molecular complexity index is 1160. The van der Waals surface area contributed by atoms with Crippen molar-refractivity contribution in [2.45, 2.75) is 13.8 Å². The van der Waals surface area contributed by atoms with E-state index in [1.165, 1.54) is 15.9 Å². The molecule has 3 heteroatoms. The molecule has 0 spiro atoms. The van der Waals surface area contributed by atoms with Crippen LogP contribution in [0, 0.1) is 0 Å².